The zero-order chi connectivity index (χ0) is 45.1. The Morgan fingerprint density at radius 3 is 0.935 bits per heavy atom. The van der Waals surface area contributed by atoms with Crippen LogP contribution in [-0.4, -0.2) is 37.2 Å². The predicted octanol–water partition coefficient (Wildman–Crippen LogP) is 17.5. The van der Waals surface area contributed by atoms with Gasteiger partial charge in [-0.1, -0.05) is 236 Å². The molecule has 0 aromatic heterocycles. The second-order valence-corrected chi connectivity index (χ2v) is 17.8. The Hall–Kier alpha value is -2.63. The van der Waals surface area contributed by atoms with E-state index in [1.165, 1.54) is 148 Å². The van der Waals surface area contributed by atoms with Crippen molar-refractivity contribution in [2.75, 3.05) is 13.2 Å². The smallest absolute Gasteiger partial charge is 0.306 e. The maximum Gasteiger partial charge on any atom is 0.306 e. The molecule has 0 unspecified atom stereocenters. The summed E-state index contributed by atoms with van der Waals surface area (Å²) in [6, 6.07) is 0. The number of carbonyl (C=O) groups excluding carboxylic acids is 3. The summed E-state index contributed by atoms with van der Waals surface area (Å²) in [5.41, 5.74) is 0. The summed E-state index contributed by atoms with van der Waals surface area (Å²) in [4.78, 5) is 38.0. The van der Waals surface area contributed by atoms with Gasteiger partial charge in [-0.15, -0.1) is 0 Å². The van der Waals surface area contributed by atoms with E-state index in [-0.39, 0.29) is 31.1 Å². The minimum atomic E-state index is -0.781. The monoisotopic (exact) mass is 869 g/mol. The molecule has 0 aromatic carbocycles. The summed E-state index contributed by atoms with van der Waals surface area (Å²) in [7, 11) is 0. The van der Waals surface area contributed by atoms with E-state index in [0.29, 0.717) is 19.3 Å². The standard InChI is InChI=1S/C56H100O6/c1-4-7-10-13-16-19-22-25-26-27-28-29-30-32-35-37-40-43-46-49-55(58)61-52-53(62-56(59)50-47-44-41-38-33-24-21-18-15-12-9-6-3)51-60-54(57)48-45-42-39-36-34-31-23-20-17-14-11-8-5-2/h16,19,25-26,28-29,32,35,53H,4-15,17-18,20-24,27,30-31,33-34,36-52H2,1-3H3/b19-16-,26-25-,29-28-,35-32-/t53-/m0/s1. The molecule has 0 radical (unpaired) electrons. The van der Waals surface area contributed by atoms with Gasteiger partial charge in [0.25, 0.3) is 0 Å². The number of rotatable bonds is 48. The Kier molecular flexibility index (Phi) is 48.8. The fraction of sp³-hybridized carbons (Fsp3) is 0.804. The Balaban J connectivity index is 4.39. The van der Waals surface area contributed by atoms with Crippen molar-refractivity contribution in [2.24, 2.45) is 0 Å². The molecule has 0 saturated carbocycles. The van der Waals surface area contributed by atoms with Gasteiger partial charge in [0.05, 0.1) is 0 Å². The molecule has 1 atom stereocenters. The molecule has 0 saturated heterocycles. The number of ether oxygens (including phenoxy) is 3. The summed E-state index contributed by atoms with van der Waals surface area (Å²) in [6.45, 7) is 6.60. The van der Waals surface area contributed by atoms with Crippen molar-refractivity contribution < 1.29 is 28.6 Å². The summed E-state index contributed by atoms with van der Waals surface area (Å²) in [5, 5.41) is 0. The van der Waals surface area contributed by atoms with Crippen LogP contribution in [0.1, 0.15) is 271 Å². The lowest BCUT2D eigenvalue weighted by Crippen LogP contribution is -2.30. The molecule has 0 spiro atoms. The van der Waals surface area contributed by atoms with Crippen molar-refractivity contribution in [3.8, 4) is 0 Å². The lowest BCUT2D eigenvalue weighted by atomic mass is 10.0. The van der Waals surface area contributed by atoms with Gasteiger partial charge < -0.3 is 14.2 Å². The molecule has 0 aliphatic heterocycles. The van der Waals surface area contributed by atoms with Crippen LogP contribution < -0.4 is 0 Å². The van der Waals surface area contributed by atoms with Crippen LogP contribution in [0.4, 0.5) is 0 Å². The van der Waals surface area contributed by atoms with Crippen LogP contribution in [0.15, 0.2) is 48.6 Å². The molecule has 6 heteroatoms. The quantitative estimate of drug-likeness (QED) is 0.0262. The maximum absolute atomic E-state index is 12.8. The molecule has 6 nitrogen and oxygen atoms in total. The fourth-order valence-corrected chi connectivity index (χ4v) is 7.54. The Bertz CT molecular complexity index is 1090. The van der Waals surface area contributed by atoms with E-state index in [1.807, 2.05) is 0 Å². The first kappa shape index (κ1) is 59.4. The fourth-order valence-electron chi connectivity index (χ4n) is 7.54. The van der Waals surface area contributed by atoms with Crippen LogP contribution in [0, 0.1) is 0 Å². The number of esters is 3. The minimum absolute atomic E-state index is 0.0795. The second kappa shape index (κ2) is 51.0. The van der Waals surface area contributed by atoms with E-state index in [0.717, 1.165) is 83.5 Å². The minimum Gasteiger partial charge on any atom is -0.462 e. The molecule has 0 aliphatic carbocycles. The SMILES string of the molecule is CCCCC/C=C\C/C=C\C/C=C\C/C=C\CCCCCC(=O)OC[C@H](COC(=O)CCCCCCCCCCCCCCC)OC(=O)CCCCCCCCCCCCCC. The van der Waals surface area contributed by atoms with Gasteiger partial charge in [-0.3, -0.25) is 14.4 Å². The highest BCUT2D eigenvalue weighted by atomic mass is 16.6. The molecule has 0 bridgehead atoms. The average molecular weight is 869 g/mol. The van der Waals surface area contributed by atoms with Gasteiger partial charge in [-0.05, 0) is 64.2 Å². The van der Waals surface area contributed by atoms with Gasteiger partial charge in [0.2, 0.25) is 0 Å². The summed E-state index contributed by atoms with van der Waals surface area (Å²) in [5.74, 6) is -0.902. The van der Waals surface area contributed by atoms with Crippen molar-refractivity contribution in [1.82, 2.24) is 0 Å². The molecular weight excluding hydrogens is 769 g/mol. The molecule has 0 aliphatic rings. The zero-order valence-corrected chi connectivity index (χ0v) is 41.1. The topological polar surface area (TPSA) is 78.9 Å². The first-order chi connectivity index (χ1) is 30.5. The first-order valence-corrected chi connectivity index (χ1v) is 26.6. The van der Waals surface area contributed by atoms with Crippen LogP contribution in [-0.2, 0) is 28.6 Å². The largest absolute Gasteiger partial charge is 0.462 e. The third kappa shape index (κ3) is 48.4. The molecule has 0 heterocycles. The van der Waals surface area contributed by atoms with Crippen LogP contribution in [0.2, 0.25) is 0 Å². The third-order valence-corrected chi connectivity index (χ3v) is 11.6. The van der Waals surface area contributed by atoms with E-state index < -0.39 is 6.10 Å². The van der Waals surface area contributed by atoms with Gasteiger partial charge in [0.1, 0.15) is 13.2 Å². The van der Waals surface area contributed by atoms with Crippen LogP contribution >= 0.6 is 0 Å². The molecule has 0 fully saturated rings. The van der Waals surface area contributed by atoms with Crippen molar-refractivity contribution in [1.29, 1.82) is 0 Å². The second-order valence-electron chi connectivity index (χ2n) is 17.8. The van der Waals surface area contributed by atoms with Gasteiger partial charge in [-0.2, -0.15) is 0 Å². The molecule has 0 aromatic rings. The molecule has 0 N–H and O–H groups in total. The lowest BCUT2D eigenvalue weighted by molar-refractivity contribution is -0.167. The Morgan fingerprint density at radius 1 is 0.323 bits per heavy atom. The number of hydrogen-bond acceptors (Lipinski definition) is 6. The normalized spacial score (nSPS) is 12.4. The van der Waals surface area contributed by atoms with Crippen LogP contribution in [0.5, 0.6) is 0 Å². The molecule has 0 rings (SSSR count). The highest BCUT2D eigenvalue weighted by Gasteiger charge is 2.19. The molecule has 360 valence electrons. The number of unbranched alkanes of at least 4 members (excludes halogenated alkanes) is 29. The number of allylic oxidation sites excluding steroid dienone is 8. The van der Waals surface area contributed by atoms with Crippen LogP contribution in [0.3, 0.4) is 0 Å². The lowest BCUT2D eigenvalue weighted by Gasteiger charge is -2.18. The highest BCUT2D eigenvalue weighted by molar-refractivity contribution is 5.71. The number of carbonyl (C=O) groups is 3. The van der Waals surface area contributed by atoms with Gasteiger partial charge >= 0.3 is 17.9 Å². The Morgan fingerprint density at radius 2 is 0.581 bits per heavy atom. The van der Waals surface area contributed by atoms with E-state index in [4.69, 9.17) is 14.2 Å². The summed E-state index contributed by atoms with van der Waals surface area (Å²) in [6.07, 6.45) is 60.9. The van der Waals surface area contributed by atoms with E-state index in [9.17, 15) is 14.4 Å². The predicted molar refractivity (Wildman–Crippen MR) is 265 cm³/mol. The van der Waals surface area contributed by atoms with E-state index >= 15 is 0 Å². The van der Waals surface area contributed by atoms with Crippen molar-refractivity contribution in [3.05, 3.63) is 48.6 Å². The van der Waals surface area contributed by atoms with Gasteiger partial charge in [0.15, 0.2) is 6.10 Å². The van der Waals surface area contributed by atoms with Gasteiger partial charge in [-0.25, -0.2) is 0 Å². The van der Waals surface area contributed by atoms with E-state index in [1.54, 1.807) is 0 Å². The summed E-state index contributed by atoms with van der Waals surface area (Å²) >= 11 is 0. The first-order valence-electron chi connectivity index (χ1n) is 26.6. The van der Waals surface area contributed by atoms with E-state index in [2.05, 4.69) is 69.4 Å². The molecule has 0 amide bonds. The molecular formula is C56H100O6. The summed E-state index contributed by atoms with van der Waals surface area (Å²) < 4.78 is 16.8. The zero-order valence-electron chi connectivity index (χ0n) is 41.1. The van der Waals surface area contributed by atoms with Crippen molar-refractivity contribution >= 4 is 17.9 Å². The number of hydrogen-bond donors (Lipinski definition) is 0. The molecule has 62 heavy (non-hydrogen) atoms. The van der Waals surface area contributed by atoms with Crippen molar-refractivity contribution in [3.63, 3.8) is 0 Å². The maximum atomic E-state index is 12.8. The Labute approximate surface area is 384 Å². The van der Waals surface area contributed by atoms with Crippen LogP contribution in [0.25, 0.3) is 0 Å². The third-order valence-electron chi connectivity index (χ3n) is 11.6. The highest BCUT2D eigenvalue weighted by Crippen LogP contribution is 2.15. The van der Waals surface area contributed by atoms with Crippen molar-refractivity contribution in [2.45, 2.75) is 277 Å². The van der Waals surface area contributed by atoms with Gasteiger partial charge in [0, 0.05) is 19.3 Å². The average Bonchev–Trinajstić information content (AvgIpc) is 3.27.